The lowest BCUT2D eigenvalue weighted by Gasteiger charge is -2.48. The molecule has 3 aliphatic heterocycles. The average molecular weight is 822 g/mol. The lowest BCUT2D eigenvalue weighted by atomic mass is 9.77. The summed E-state index contributed by atoms with van der Waals surface area (Å²) < 4.78 is 37.5. The molecular weight excluding hydrogens is 747 g/mol. The van der Waals surface area contributed by atoms with E-state index in [0.717, 1.165) is 0 Å². The zero-order chi connectivity index (χ0) is 39.7. The smallest absolute Gasteiger partial charge is 0.311 e. The lowest BCUT2D eigenvalue weighted by molar-refractivity contribution is -0.318. The summed E-state index contributed by atoms with van der Waals surface area (Å²) in [7, 11) is 7.12. The number of ether oxygens (including phenoxy) is 6. The Bertz CT molecular complexity index is 1160. The molecule has 3 heterocycles. The van der Waals surface area contributed by atoms with Gasteiger partial charge in [-0.2, -0.15) is 0 Å². The van der Waals surface area contributed by atoms with Crippen LogP contribution in [-0.2, 0) is 33.2 Å². The Morgan fingerprint density at radius 3 is 2.06 bits per heavy atom. The van der Waals surface area contributed by atoms with Crippen molar-refractivity contribution < 1.29 is 58.7 Å². The van der Waals surface area contributed by atoms with Crippen LogP contribution in [0.25, 0.3) is 0 Å². The number of likely N-dealkylation sites (N-methyl/N-ethyl adjacent to an activating group) is 2. The molecule has 16 heteroatoms. The van der Waals surface area contributed by atoms with Crippen molar-refractivity contribution in [2.45, 2.75) is 185 Å². The molecule has 3 aliphatic rings. The van der Waals surface area contributed by atoms with E-state index >= 15 is 0 Å². The van der Waals surface area contributed by atoms with E-state index in [2.05, 4.69) is 0 Å². The number of aliphatic hydroxyl groups excluding tert-OH is 3. The maximum atomic E-state index is 14.2. The van der Waals surface area contributed by atoms with E-state index in [0.29, 0.717) is 13.0 Å². The highest BCUT2D eigenvalue weighted by molar-refractivity contribution is 5.85. The molecule has 0 bridgehead atoms. The van der Waals surface area contributed by atoms with E-state index in [1.165, 1.54) is 14.0 Å². The second kappa shape index (κ2) is 20.5. The third kappa shape index (κ3) is 11.6. The van der Waals surface area contributed by atoms with Crippen LogP contribution >= 0.6 is 24.8 Å². The van der Waals surface area contributed by atoms with Crippen LogP contribution in [-0.4, -0.2) is 166 Å². The van der Waals surface area contributed by atoms with Crippen molar-refractivity contribution in [1.82, 2.24) is 9.80 Å². The minimum atomic E-state index is -1.80. The topological polar surface area (TPSA) is 180 Å². The maximum Gasteiger partial charge on any atom is 0.311 e. The molecule has 0 aromatic heterocycles. The van der Waals surface area contributed by atoms with Gasteiger partial charge in [-0.15, -0.1) is 24.8 Å². The van der Waals surface area contributed by atoms with Crippen LogP contribution in [0.15, 0.2) is 0 Å². The Kier molecular flexibility index (Phi) is 19.6. The second-order valence-electron chi connectivity index (χ2n) is 17.2. The summed E-state index contributed by atoms with van der Waals surface area (Å²) in [6.45, 7) is 18.0. The molecule has 0 unspecified atom stereocenters. The first-order valence-electron chi connectivity index (χ1n) is 19.1. The molecule has 18 atom stereocenters. The van der Waals surface area contributed by atoms with Gasteiger partial charge in [0.15, 0.2) is 12.6 Å². The minimum absolute atomic E-state index is 0. The summed E-state index contributed by atoms with van der Waals surface area (Å²) in [5.41, 5.74) is -4.37. The van der Waals surface area contributed by atoms with Gasteiger partial charge in [-0.25, -0.2) is 0 Å². The fourth-order valence-electron chi connectivity index (χ4n) is 8.74. The highest BCUT2D eigenvalue weighted by atomic mass is 35.5. The molecular formula is C38H74Cl2N2O12. The average Bonchev–Trinajstić information content (AvgIpc) is 3.05. The Morgan fingerprint density at radius 2 is 1.52 bits per heavy atom. The van der Waals surface area contributed by atoms with Crippen molar-refractivity contribution in [3.63, 3.8) is 0 Å². The number of hydrogen-bond acceptors (Lipinski definition) is 14. The third-order valence-electron chi connectivity index (χ3n) is 12.2. The van der Waals surface area contributed by atoms with Crippen molar-refractivity contribution in [1.29, 1.82) is 0 Å². The van der Waals surface area contributed by atoms with Crippen molar-refractivity contribution in [3.05, 3.63) is 0 Å². The minimum Gasteiger partial charge on any atom is -0.459 e. The summed E-state index contributed by atoms with van der Waals surface area (Å²) >= 11 is 0. The molecule has 3 fully saturated rings. The van der Waals surface area contributed by atoms with E-state index in [1.54, 1.807) is 41.5 Å². The zero-order valence-corrected chi connectivity index (χ0v) is 36.6. The summed E-state index contributed by atoms with van der Waals surface area (Å²) in [5.74, 6) is -2.58. The molecule has 0 saturated carbocycles. The van der Waals surface area contributed by atoms with Gasteiger partial charge in [0.2, 0.25) is 0 Å². The maximum absolute atomic E-state index is 14.2. The number of rotatable bonds is 7. The largest absolute Gasteiger partial charge is 0.459 e. The first-order chi connectivity index (χ1) is 23.9. The molecule has 3 rings (SSSR count). The number of carbonyl (C=O) groups excluding carboxylic acids is 1. The highest BCUT2D eigenvalue weighted by Gasteiger charge is 2.52. The van der Waals surface area contributed by atoms with Gasteiger partial charge in [0.25, 0.3) is 0 Å². The normalized spacial score (nSPS) is 47.8. The van der Waals surface area contributed by atoms with E-state index < -0.39 is 96.0 Å². The van der Waals surface area contributed by atoms with E-state index in [1.807, 2.05) is 51.7 Å². The van der Waals surface area contributed by atoms with Gasteiger partial charge >= 0.3 is 5.97 Å². The number of esters is 1. The van der Waals surface area contributed by atoms with Crippen LogP contribution in [0.1, 0.15) is 94.9 Å². The first-order valence-corrected chi connectivity index (χ1v) is 19.1. The Labute approximate surface area is 336 Å². The highest BCUT2D eigenvalue weighted by Crippen LogP contribution is 2.40. The van der Waals surface area contributed by atoms with Gasteiger partial charge in [-0.3, -0.25) is 4.79 Å². The van der Waals surface area contributed by atoms with Gasteiger partial charge in [0.1, 0.15) is 30.0 Å². The second-order valence-corrected chi connectivity index (χ2v) is 17.2. The van der Waals surface area contributed by atoms with Gasteiger partial charge in [-0.05, 0) is 94.8 Å². The van der Waals surface area contributed by atoms with Gasteiger partial charge in [0, 0.05) is 38.1 Å². The zero-order valence-electron chi connectivity index (χ0n) is 35.0. The molecule has 0 spiro atoms. The predicted molar refractivity (Wildman–Crippen MR) is 209 cm³/mol. The van der Waals surface area contributed by atoms with E-state index in [4.69, 9.17) is 28.4 Å². The van der Waals surface area contributed by atoms with Gasteiger partial charge < -0.3 is 63.8 Å². The number of nitrogens with zero attached hydrogens (tertiary/aromatic N) is 2. The van der Waals surface area contributed by atoms with Crippen molar-refractivity contribution in [2.75, 3.05) is 34.8 Å². The SMILES string of the molecule is CC[C@H]1OC(=O)[C@H](C)[C@@H](O[C@H]2C[C@@](C)(OC)[C@@H](O)[C@H](C)O2)[C@H](C)[C@@H](O[C@@H]2O[C@H](C)C[C@H](N(C)C)[C@H]2O)[C@](C)(O)C[C@@H](C)CN(C)[C@H](C)[C@@H](O)[C@]1(C)O.Cl.Cl. The summed E-state index contributed by atoms with van der Waals surface area (Å²) in [4.78, 5) is 18.0. The Hall–Kier alpha value is -0.430. The lowest BCUT2D eigenvalue weighted by Crippen LogP contribution is -2.60. The molecule has 0 aliphatic carbocycles. The molecule has 5 N–H and O–H groups in total. The van der Waals surface area contributed by atoms with Crippen molar-refractivity contribution >= 4 is 30.8 Å². The van der Waals surface area contributed by atoms with Crippen molar-refractivity contribution in [2.24, 2.45) is 17.8 Å². The number of aliphatic hydroxyl groups is 5. The molecule has 54 heavy (non-hydrogen) atoms. The number of cyclic esters (lactones) is 1. The van der Waals surface area contributed by atoms with E-state index in [9.17, 15) is 30.3 Å². The molecule has 0 radical (unpaired) electrons. The standard InChI is InChI=1S/C38H72N2O12.2ClH/c1-15-27-38(10,46)31(42)24(6)40(13)19-20(2)17-36(8,45)33(52-35-29(41)26(39(11)12)16-21(3)48-35)22(4)30(23(5)34(44)50-27)51-28-18-37(9,47-14)32(43)25(7)49-28;;/h20-33,35,41-43,45-46H,15-19H2,1-14H3;2*1H/t20-,21-,22+,23-,24-,25+,26+,27-,28+,29-,30+,31-,32+,33-,35+,36-,37-,38-;;/m1../s1. The molecule has 14 nitrogen and oxygen atoms in total. The van der Waals surface area contributed by atoms with Gasteiger partial charge in [0.05, 0.1) is 41.5 Å². The monoisotopic (exact) mass is 820 g/mol. The molecule has 322 valence electrons. The molecule has 0 aromatic rings. The van der Waals surface area contributed by atoms with Crippen molar-refractivity contribution in [3.8, 4) is 0 Å². The number of hydrogen-bond donors (Lipinski definition) is 5. The summed E-state index contributed by atoms with van der Waals surface area (Å²) in [6, 6.07) is -0.808. The van der Waals surface area contributed by atoms with Crippen LogP contribution in [0, 0.1) is 17.8 Å². The van der Waals surface area contributed by atoms with Crippen LogP contribution in [0.4, 0.5) is 0 Å². The van der Waals surface area contributed by atoms with E-state index in [-0.39, 0.29) is 62.1 Å². The van der Waals surface area contributed by atoms with Gasteiger partial charge in [-0.1, -0.05) is 20.8 Å². The molecule has 3 saturated heterocycles. The number of carbonyl (C=O) groups is 1. The van der Waals surface area contributed by atoms with Crippen LogP contribution < -0.4 is 0 Å². The Balaban J connectivity index is 0.00000729. The third-order valence-corrected chi connectivity index (χ3v) is 12.2. The fraction of sp³-hybridized carbons (Fsp3) is 0.974. The van der Waals surface area contributed by atoms with Crippen LogP contribution in [0.2, 0.25) is 0 Å². The Morgan fingerprint density at radius 1 is 0.926 bits per heavy atom. The number of halogens is 2. The molecule has 0 aromatic carbocycles. The fourth-order valence-corrected chi connectivity index (χ4v) is 8.74. The first kappa shape index (κ1) is 51.6. The quantitative estimate of drug-likeness (QED) is 0.237. The molecule has 0 amide bonds. The number of methoxy groups -OCH3 is 1. The van der Waals surface area contributed by atoms with Crippen LogP contribution in [0.5, 0.6) is 0 Å². The summed E-state index contributed by atoms with van der Waals surface area (Å²) in [5, 5.41) is 58.1. The predicted octanol–water partition coefficient (Wildman–Crippen LogP) is 2.74. The van der Waals surface area contributed by atoms with Crippen LogP contribution in [0.3, 0.4) is 0 Å². The summed E-state index contributed by atoms with van der Waals surface area (Å²) in [6.07, 6.45) is -8.19.